The van der Waals surface area contributed by atoms with Gasteiger partial charge >= 0.3 is 5.97 Å². The number of carbonyl (C=O) groups is 1. The van der Waals surface area contributed by atoms with E-state index in [9.17, 15) is 14.9 Å². The van der Waals surface area contributed by atoms with E-state index < -0.39 is 10.9 Å². The van der Waals surface area contributed by atoms with E-state index in [4.69, 9.17) is 0 Å². The molecule has 1 heterocycles. The molecule has 0 fully saturated rings. The number of ether oxygens (including phenoxy) is 1. The molecule has 0 bridgehead atoms. The van der Waals surface area contributed by atoms with E-state index in [2.05, 4.69) is 9.72 Å². The molecule has 7 nitrogen and oxygen atoms in total. The van der Waals surface area contributed by atoms with Crippen LogP contribution in [0.5, 0.6) is 0 Å². The van der Waals surface area contributed by atoms with Crippen LogP contribution in [-0.2, 0) is 11.3 Å². The van der Waals surface area contributed by atoms with E-state index in [0.717, 1.165) is 0 Å². The standard InChI is InChI=1S/C13H13N3O4/c1-9-14-7-12(13(17)20-2)15(9)8-10-5-3-4-6-11(10)16(18)19/h3-7H,8H2,1-2H3. The fraction of sp³-hybridized carbons (Fsp3) is 0.231. The molecule has 2 aromatic rings. The van der Waals surface area contributed by atoms with Crippen molar-refractivity contribution in [3.05, 3.63) is 57.7 Å². The van der Waals surface area contributed by atoms with Gasteiger partial charge in [-0.3, -0.25) is 10.1 Å². The summed E-state index contributed by atoms with van der Waals surface area (Å²) < 4.78 is 6.26. The smallest absolute Gasteiger partial charge is 0.356 e. The van der Waals surface area contributed by atoms with Crippen molar-refractivity contribution in [3.8, 4) is 0 Å². The molecule has 0 unspecified atom stereocenters. The zero-order valence-electron chi connectivity index (χ0n) is 11.1. The van der Waals surface area contributed by atoms with Gasteiger partial charge in [-0.2, -0.15) is 0 Å². The highest BCUT2D eigenvalue weighted by Gasteiger charge is 2.19. The number of nitrogens with zero attached hydrogens (tertiary/aromatic N) is 3. The molecule has 0 atom stereocenters. The number of hydrogen-bond donors (Lipinski definition) is 0. The Morgan fingerprint density at radius 3 is 2.80 bits per heavy atom. The Hall–Kier alpha value is -2.70. The normalized spacial score (nSPS) is 10.3. The molecule has 104 valence electrons. The first kappa shape index (κ1) is 13.7. The summed E-state index contributed by atoms with van der Waals surface area (Å²) in [5, 5.41) is 11.0. The van der Waals surface area contributed by atoms with Gasteiger partial charge in [-0.25, -0.2) is 9.78 Å². The van der Waals surface area contributed by atoms with Crippen molar-refractivity contribution < 1.29 is 14.5 Å². The van der Waals surface area contributed by atoms with E-state index in [1.54, 1.807) is 29.7 Å². The summed E-state index contributed by atoms with van der Waals surface area (Å²) in [5.74, 6) is 0.0627. The second-order valence-electron chi connectivity index (χ2n) is 4.15. The number of esters is 1. The molecule has 1 aromatic heterocycles. The molecule has 1 aromatic carbocycles. The summed E-state index contributed by atoms with van der Waals surface area (Å²) >= 11 is 0. The number of imidazole rings is 1. The second-order valence-corrected chi connectivity index (χ2v) is 4.15. The van der Waals surface area contributed by atoms with Gasteiger partial charge in [-0.15, -0.1) is 0 Å². The number of nitro benzene ring substituents is 1. The minimum absolute atomic E-state index is 0.0106. The van der Waals surface area contributed by atoms with Gasteiger partial charge in [0.2, 0.25) is 0 Å². The van der Waals surface area contributed by atoms with Gasteiger partial charge in [-0.1, -0.05) is 18.2 Å². The number of aryl methyl sites for hydroxylation is 1. The maximum absolute atomic E-state index is 11.6. The minimum Gasteiger partial charge on any atom is -0.464 e. The number of carbonyl (C=O) groups excluding carboxylic acids is 1. The maximum atomic E-state index is 11.6. The highest BCUT2D eigenvalue weighted by atomic mass is 16.6. The van der Waals surface area contributed by atoms with Gasteiger partial charge < -0.3 is 9.30 Å². The number of methoxy groups -OCH3 is 1. The fourth-order valence-electron chi connectivity index (χ4n) is 1.93. The lowest BCUT2D eigenvalue weighted by atomic mass is 10.2. The van der Waals surface area contributed by atoms with Gasteiger partial charge in [-0.05, 0) is 6.92 Å². The zero-order valence-corrected chi connectivity index (χ0v) is 11.1. The fourth-order valence-corrected chi connectivity index (χ4v) is 1.93. The van der Waals surface area contributed by atoms with Crippen molar-refractivity contribution in [2.24, 2.45) is 0 Å². The van der Waals surface area contributed by atoms with Crippen LogP contribution in [0.4, 0.5) is 5.69 Å². The van der Waals surface area contributed by atoms with Crippen LogP contribution in [0.3, 0.4) is 0 Å². The van der Waals surface area contributed by atoms with E-state index >= 15 is 0 Å². The van der Waals surface area contributed by atoms with Crippen molar-refractivity contribution in [2.75, 3.05) is 7.11 Å². The van der Waals surface area contributed by atoms with Gasteiger partial charge in [0.15, 0.2) is 0 Å². The molecule has 0 N–H and O–H groups in total. The number of nitro groups is 1. The lowest BCUT2D eigenvalue weighted by Gasteiger charge is -2.09. The van der Waals surface area contributed by atoms with E-state index in [1.165, 1.54) is 19.4 Å². The van der Waals surface area contributed by atoms with Crippen LogP contribution >= 0.6 is 0 Å². The van der Waals surface area contributed by atoms with E-state index in [0.29, 0.717) is 11.4 Å². The van der Waals surface area contributed by atoms with Crippen LogP contribution in [-0.4, -0.2) is 27.6 Å². The van der Waals surface area contributed by atoms with E-state index in [-0.39, 0.29) is 17.9 Å². The molecule has 0 aliphatic heterocycles. The number of aromatic nitrogens is 2. The number of benzene rings is 1. The summed E-state index contributed by atoms with van der Waals surface area (Å²) in [6.45, 7) is 1.91. The van der Waals surface area contributed by atoms with E-state index in [1.807, 2.05) is 0 Å². The summed E-state index contributed by atoms with van der Waals surface area (Å²) in [4.78, 5) is 26.2. The van der Waals surface area contributed by atoms with Crippen LogP contribution < -0.4 is 0 Å². The summed E-state index contributed by atoms with van der Waals surface area (Å²) in [7, 11) is 1.28. The third-order valence-electron chi connectivity index (χ3n) is 2.97. The average molecular weight is 275 g/mol. The first-order valence-electron chi connectivity index (χ1n) is 5.87. The van der Waals surface area contributed by atoms with Crippen molar-refractivity contribution >= 4 is 11.7 Å². The zero-order chi connectivity index (χ0) is 14.7. The highest BCUT2D eigenvalue weighted by molar-refractivity contribution is 5.87. The molecule has 0 amide bonds. The Labute approximate surface area is 115 Å². The lowest BCUT2D eigenvalue weighted by Crippen LogP contribution is -2.13. The molecule has 0 aliphatic carbocycles. The quantitative estimate of drug-likeness (QED) is 0.483. The first-order valence-corrected chi connectivity index (χ1v) is 5.87. The van der Waals surface area contributed by atoms with Crippen LogP contribution in [0.25, 0.3) is 0 Å². The molecular weight excluding hydrogens is 262 g/mol. The van der Waals surface area contributed by atoms with Crippen LogP contribution in [0.15, 0.2) is 30.5 Å². The Morgan fingerprint density at radius 1 is 1.45 bits per heavy atom. The lowest BCUT2D eigenvalue weighted by molar-refractivity contribution is -0.385. The molecule has 0 saturated carbocycles. The molecular formula is C13H13N3O4. The molecule has 20 heavy (non-hydrogen) atoms. The molecule has 0 saturated heterocycles. The third-order valence-corrected chi connectivity index (χ3v) is 2.97. The molecule has 2 rings (SSSR count). The summed E-state index contributed by atoms with van der Waals surface area (Å²) in [6.07, 6.45) is 1.40. The number of hydrogen-bond acceptors (Lipinski definition) is 5. The molecule has 0 aliphatic rings. The van der Waals surface area contributed by atoms with Crippen molar-refractivity contribution in [1.29, 1.82) is 0 Å². The molecule has 0 radical (unpaired) electrons. The van der Waals surface area contributed by atoms with Gasteiger partial charge in [0.05, 0.1) is 24.8 Å². The summed E-state index contributed by atoms with van der Waals surface area (Å²) in [5.41, 5.74) is 0.781. The SMILES string of the molecule is COC(=O)c1cnc(C)n1Cc1ccccc1[N+](=O)[O-]. The Balaban J connectivity index is 2.43. The predicted octanol–water partition coefficient (Wildman–Crippen LogP) is 1.93. The van der Waals surface area contributed by atoms with Gasteiger partial charge in [0.25, 0.3) is 5.69 Å². The van der Waals surface area contributed by atoms with Gasteiger partial charge in [0, 0.05) is 11.6 Å². The number of para-hydroxylation sites is 1. The third kappa shape index (κ3) is 2.51. The largest absolute Gasteiger partial charge is 0.464 e. The van der Waals surface area contributed by atoms with Crippen molar-refractivity contribution in [3.63, 3.8) is 0 Å². The first-order chi connectivity index (χ1) is 9.54. The second kappa shape index (κ2) is 5.52. The van der Waals surface area contributed by atoms with Crippen LogP contribution in [0.1, 0.15) is 21.9 Å². The van der Waals surface area contributed by atoms with Crippen LogP contribution in [0.2, 0.25) is 0 Å². The monoisotopic (exact) mass is 275 g/mol. The van der Waals surface area contributed by atoms with Crippen molar-refractivity contribution in [1.82, 2.24) is 9.55 Å². The predicted molar refractivity (Wildman–Crippen MR) is 70.5 cm³/mol. The Bertz CT molecular complexity index is 663. The molecule has 7 heteroatoms. The Kier molecular flexibility index (Phi) is 3.79. The number of rotatable bonds is 4. The highest BCUT2D eigenvalue weighted by Crippen LogP contribution is 2.20. The maximum Gasteiger partial charge on any atom is 0.356 e. The minimum atomic E-state index is -0.524. The van der Waals surface area contributed by atoms with Crippen molar-refractivity contribution in [2.45, 2.75) is 13.5 Å². The average Bonchev–Trinajstić information content (AvgIpc) is 2.80. The summed E-state index contributed by atoms with van der Waals surface area (Å²) in [6, 6.07) is 6.40. The topological polar surface area (TPSA) is 87.3 Å². The molecule has 0 spiro atoms. The Morgan fingerprint density at radius 2 is 2.15 bits per heavy atom. The van der Waals surface area contributed by atoms with Gasteiger partial charge in [0.1, 0.15) is 11.5 Å². The van der Waals surface area contributed by atoms with Crippen LogP contribution in [0, 0.1) is 17.0 Å².